The highest BCUT2D eigenvalue weighted by molar-refractivity contribution is 5.47. The molecule has 6 heteroatoms. The molecule has 0 aliphatic rings. The first-order valence-electron chi connectivity index (χ1n) is 6.46. The van der Waals surface area contributed by atoms with Crippen molar-refractivity contribution < 1.29 is 9.34 Å². The molecule has 106 valence electrons. The molecule has 6 nitrogen and oxygen atoms in total. The summed E-state index contributed by atoms with van der Waals surface area (Å²) in [5.41, 5.74) is 0.643. The van der Waals surface area contributed by atoms with E-state index in [0.717, 1.165) is 18.6 Å². The number of anilines is 1. The fraction of sp³-hybridized carbons (Fsp3) is 0.357. The summed E-state index contributed by atoms with van der Waals surface area (Å²) in [5.74, 6) is 1.60. The molecule has 0 bridgehead atoms. The van der Waals surface area contributed by atoms with Gasteiger partial charge in [-0.2, -0.15) is 0 Å². The van der Waals surface area contributed by atoms with E-state index in [-0.39, 0.29) is 11.7 Å². The van der Waals surface area contributed by atoms with Gasteiger partial charge in [0.25, 0.3) is 5.69 Å². The Labute approximate surface area is 117 Å². The van der Waals surface area contributed by atoms with Crippen LogP contribution in [0.3, 0.4) is 0 Å². The molecule has 0 saturated carbocycles. The normalized spacial score (nSPS) is 12.1. The van der Waals surface area contributed by atoms with E-state index in [1.165, 1.54) is 6.20 Å². The summed E-state index contributed by atoms with van der Waals surface area (Å²) in [6.07, 6.45) is 4.68. The van der Waals surface area contributed by atoms with Crippen molar-refractivity contribution >= 4 is 11.5 Å². The molecule has 2 aromatic heterocycles. The number of nitrogens with zero attached hydrogens (tertiary/aromatic N) is 2. The van der Waals surface area contributed by atoms with Crippen LogP contribution in [0, 0.1) is 17.0 Å². The van der Waals surface area contributed by atoms with Crippen molar-refractivity contribution in [3.8, 4) is 0 Å². The Bertz CT molecular complexity index is 581. The second-order valence-corrected chi connectivity index (χ2v) is 4.78. The molecule has 2 aromatic rings. The second kappa shape index (κ2) is 6.18. The molecule has 0 aliphatic heterocycles. The molecule has 0 saturated heterocycles. The third kappa shape index (κ3) is 3.57. The second-order valence-electron chi connectivity index (χ2n) is 4.78. The van der Waals surface area contributed by atoms with Gasteiger partial charge in [0.1, 0.15) is 17.8 Å². The fourth-order valence-corrected chi connectivity index (χ4v) is 1.96. The van der Waals surface area contributed by atoms with E-state index >= 15 is 0 Å². The van der Waals surface area contributed by atoms with Crippen LogP contribution in [0.1, 0.15) is 24.7 Å². The van der Waals surface area contributed by atoms with E-state index in [0.29, 0.717) is 11.4 Å². The minimum atomic E-state index is -0.424. The van der Waals surface area contributed by atoms with Gasteiger partial charge in [-0.3, -0.25) is 10.1 Å². The summed E-state index contributed by atoms with van der Waals surface area (Å²) in [5, 5.41) is 14.0. The van der Waals surface area contributed by atoms with Gasteiger partial charge in [-0.25, -0.2) is 4.98 Å². The van der Waals surface area contributed by atoms with Gasteiger partial charge in [-0.1, -0.05) is 0 Å². The highest BCUT2D eigenvalue weighted by Crippen LogP contribution is 2.19. The largest absolute Gasteiger partial charge is 0.469 e. The van der Waals surface area contributed by atoms with Gasteiger partial charge in [0.2, 0.25) is 0 Å². The number of nitro groups is 1. The quantitative estimate of drug-likeness (QED) is 0.646. The lowest BCUT2D eigenvalue weighted by Gasteiger charge is -2.14. The minimum absolute atomic E-state index is 0.0405. The van der Waals surface area contributed by atoms with Gasteiger partial charge >= 0.3 is 0 Å². The molecule has 1 unspecified atom stereocenters. The summed E-state index contributed by atoms with van der Waals surface area (Å²) >= 11 is 0. The first kappa shape index (κ1) is 14.0. The summed E-state index contributed by atoms with van der Waals surface area (Å²) in [4.78, 5) is 14.4. The number of aromatic nitrogens is 1. The molecule has 0 aliphatic carbocycles. The van der Waals surface area contributed by atoms with E-state index in [4.69, 9.17) is 4.42 Å². The molecule has 1 N–H and O–H groups in total. The Morgan fingerprint density at radius 1 is 1.55 bits per heavy atom. The molecule has 20 heavy (non-hydrogen) atoms. The zero-order valence-electron chi connectivity index (χ0n) is 11.5. The number of hydrogen-bond donors (Lipinski definition) is 1. The molecule has 2 rings (SSSR count). The molecule has 0 aromatic carbocycles. The number of furan rings is 1. The summed E-state index contributed by atoms with van der Waals surface area (Å²) in [7, 11) is 0. The standard InChI is InChI=1S/C14H17N3O3/c1-10-8-14(15-9-13(10)17(18)19)16-11(2)5-6-12-4-3-7-20-12/h3-4,7-9,11H,5-6H2,1-2H3,(H,15,16). The zero-order chi connectivity index (χ0) is 14.5. The van der Waals surface area contributed by atoms with Gasteiger partial charge in [0.15, 0.2) is 0 Å². The van der Waals surface area contributed by atoms with Crippen LogP contribution in [0.15, 0.2) is 35.1 Å². The van der Waals surface area contributed by atoms with Crippen LogP contribution in [0.25, 0.3) is 0 Å². The van der Waals surface area contributed by atoms with Crippen LogP contribution in [-0.4, -0.2) is 15.9 Å². The zero-order valence-corrected chi connectivity index (χ0v) is 11.5. The van der Waals surface area contributed by atoms with E-state index in [2.05, 4.69) is 10.3 Å². The van der Waals surface area contributed by atoms with Crippen LogP contribution in [0.2, 0.25) is 0 Å². The van der Waals surface area contributed by atoms with Gasteiger partial charge < -0.3 is 9.73 Å². The predicted molar refractivity (Wildman–Crippen MR) is 75.7 cm³/mol. The Balaban J connectivity index is 1.92. The molecule has 0 spiro atoms. The SMILES string of the molecule is Cc1cc(NC(C)CCc2ccco2)ncc1[N+](=O)[O-]. The number of rotatable bonds is 6. The van der Waals surface area contributed by atoms with Crippen LogP contribution in [-0.2, 0) is 6.42 Å². The van der Waals surface area contributed by atoms with Gasteiger partial charge in [0, 0.05) is 18.0 Å². The van der Waals surface area contributed by atoms with Crippen molar-refractivity contribution in [2.45, 2.75) is 32.7 Å². The molecular formula is C14H17N3O3. The van der Waals surface area contributed by atoms with E-state index in [1.807, 2.05) is 19.1 Å². The average Bonchev–Trinajstić information content (AvgIpc) is 2.89. The van der Waals surface area contributed by atoms with E-state index < -0.39 is 4.92 Å². The summed E-state index contributed by atoms with van der Waals surface area (Å²) in [6.45, 7) is 3.75. The Hall–Kier alpha value is -2.37. The number of aryl methyl sites for hydroxylation is 2. The van der Waals surface area contributed by atoms with Crippen molar-refractivity contribution in [2.75, 3.05) is 5.32 Å². The van der Waals surface area contributed by atoms with Crippen LogP contribution >= 0.6 is 0 Å². The predicted octanol–water partition coefficient (Wildman–Crippen LogP) is 3.32. The van der Waals surface area contributed by atoms with Gasteiger partial charge in [-0.15, -0.1) is 0 Å². The maximum Gasteiger partial charge on any atom is 0.290 e. The first-order chi connectivity index (χ1) is 9.56. The maximum absolute atomic E-state index is 10.7. The first-order valence-corrected chi connectivity index (χ1v) is 6.46. The Kier molecular flexibility index (Phi) is 4.34. The maximum atomic E-state index is 10.7. The number of nitrogens with one attached hydrogen (secondary N) is 1. The Morgan fingerprint density at radius 3 is 2.95 bits per heavy atom. The number of hydrogen-bond acceptors (Lipinski definition) is 5. The molecule has 1 atom stereocenters. The third-order valence-corrected chi connectivity index (χ3v) is 3.08. The van der Waals surface area contributed by atoms with Gasteiger partial charge in [0.05, 0.1) is 11.2 Å². The van der Waals surface area contributed by atoms with Crippen molar-refractivity contribution in [3.05, 3.63) is 52.1 Å². The Morgan fingerprint density at radius 2 is 2.35 bits per heavy atom. The van der Waals surface area contributed by atoms with Crippen LogP contribution in [0.4, 0.5) is 11.5 Å². The van der Waals surface area contributed by atoms with Crippen LogP contribution < -0.4 is 5.32 Å². The lowest BCUT2D eigenvalue weighted by molar-refractivity contribution is -0.385. The van der Waals surface area contributed by atoms with E-state index in [9.17, 15) is 10.1 Å². The fourth-order valence-electron chi connectivity index (χ4n) is 1.96. The lowest BCUT2D eigenvalue weighted by atomic mass is 10.1. The molecule has 0 fully saturated rings. The smallest absolute Gasteiger partial charge is 0.290 e. The highest BCUT2D eigenvalue weighted by atomic mass is 16.6. The third-order valence-electron chi connectivity index (χ3n) is 3.08. The van der Waals surface area contributed by atoms with Gasteiger partial charge in [-0.05, 0) is 38.5 Å². The molecule has 0 amide bonds. The topological polar surface area (TPSA) is 81.2 Å². The monoisotopic (exact) mass is 275 g/mol. The summed E-state index contributed by atoms with van der Waals surface area (Å²) < 4.78 is 5.28. The van der Waals surface area contributed by atoms with Crippen molar-refractivity contribution in [2.24, 2.45) is 0 Å². The van der Waals surface area contributed by atoms with Crippen LogP contribution in [0.5, 0.6) is 0 Å². The average molecular weight is 275 g/mol. The minimum Gasteiger partial charge on any atom is -0.469 e. The van der Waals surface area contributed by atoms with Crippen molar-refractivity contribution in [1.29, 1.82) is 0 Å². The highest BCUT2D eigenvalue weighted by Gasteiger charge is 2.12. The van der Waals surface area contributed by atoms with Crippen molar-refractivity contribution in [1.82, 2.24) is 4.98 Å². The van der Waals surface area contributed by atoms with Crippen molar-refractivity contribution in [3.63, 3.8) is 0 Å². The summed E-state index contributed by atoms with van der Waals surface area (Å²) in [6, 6.07) is 5.71. The van der Waals surface area contributed by atoms with E-state index in [1.54, 1.807) is 19.3 Å². The molecule has 2 heterocycles. The molecular weight excluding hydrogens is 258 g/mol. The number of pyridine rings is 1. The lowest BCUT2D eigenvalue weighted by Crippen LogP contribution is -2.17. The molecule has 0 radical (unpaired) electrons.